The van der Waals surface area contributed by atoms with E-state index in [9.17, 15) is 18.0 Å². The fourth-order valence-corrected chi connectivity index (χ4v) is 2.55. The Morgan fingerprint density at radius 2 is 2.15 bits per heavy atom. The minimum absolute atomic E-state index is 0.00347. The van der Waals surface area contributed by atoms with Crippen molar-refractivity contribution in [3.05, 3.63) is 0 Å². The molecule has 0 bridgehead atoms. The monoisotopic (exact) mass is 205 g/mol. The first-order valence-corrected chi connectivity index (χ1v) is 5.57. The summed E-state index contributed by atoms with van der Waals surface area (Å²) in [5.74, 6) is -0.639. The second kappa shape index (κ2) is 3.45. The van der Waals surface area contributed by atoms with E-state index in [-0.39, 0.29) is 30.9 Å². The first-order valence-electron chi connectivity index (χ1n) is 3.96. The topological polar surface area (TPSA) is 71.5 Å². The van der Waals surface area contributed by atoms with E-state index in [4.69, 9.17) is 0 Å². The molecule has 0 aromatic carbocycles. The van der Waals surface area contributed by atoms with Crippen LogP contribution in [-0.4, -0.2) is 36.7 Å². The molecule has 1 amide bonds. The lowest BCUT2D eigenvalue weighted by Gasteiger charge is -2.12. The summed E-state index contributed by atoms with van der Waals surface area (Å²) in [5, 5.41) is 0. The number of ketones is 1. The summed E-state index contributed by atoms with van der Waals surface area (Å²) in [5.41, 5.74) is 0. The van der Waals surface area contributed by atoms with Crippen LogP contribution in [0.25, 0.3) is 0 Å². The van der Waals surface area contributed by atoms with Gasteiger partial charge in [0.25, 0.3) is 0 Å². The number of hydrogen-bond acceptors (Lipinski definition) is 4. The first-order chi connectivity index (χ1) is 5.93. The van der Waals surface area contributed by atoms with Crippen molar-refractivity contribution in [3.8, 4) is 0 Å². The van der Waals surface area contributed by atoms with E-state index in [2.05, 4.69) is 0 Å². The van der Waals surface area contributed by atoms with Gasteiger partial charge in [0.15, 0.2) is 0 Å². The van der Waals surface area contributed by atoms with Crippen LogP contribution in [0.15, 0.2) is 0 Å². The van der Waals surface area contributed by atoms with Crippen molar-refractivity contribution in [1.29, 1.82) is 0 Å². The summed E-state index contributed by atoms with van der Waals surface area (Å²) >= 11 is 0. The summed E-state index contributed by atoms with van der Waals surface area (Å²) < 4.78 is 23.2. The molecule has 74 valence electrons. The second-order valence-corrected chi connectivity index (χ2v) is 5.00. The van der Waals surface area contributed by atoms with Crippen LogP contribution in [0.2, 0.25) is 0 Å². The molecule has 0 aromatic heterocycles. The van der Waals surface area contributed by atoms with Gasteiger partial charge in [0.05, 0.1) is 5.75 Å². The SMILES string of the molecule is CC(=O)CCN1C(=O)CCS1(=O)=O. The smallest absolute Gasteiger partial charge is 0.237 e. The number of hydrogen-bond donors (Lipinski definition) is 0. The molecule has 0 N–H and O–H groups in total. The largest absolute Gasteiger partial charge is 0.300 e. The maximum absolute atomic E-state index is 11.2. The van der Waals surface area contributed by atoms with Crippen LogP contribution >= 0.6 is 0 Å². The van der Waals surface area contributed by atoms with Crippen molar-refractivity contribution in [2.75, 3.05) is 12.3 Å². The van der Waals surface area contributed by atoms with Crippen LogP contribution in [-0.2, 0) is 19.6 Å². The van der Waals surface area contributed by atoms with Gasteiger partial charge in [-0.25, -0.2) is 12.7 Å². The Morgan fingerprint density at radius 1 is 1.54 bits per heavy atom. The Balaban J connectivity index is 2.67. The van der Waals surface area contributed by atoms with Crippen molar-refractivity contribution in [2.45, 2.75) is 19.8 Å². The lowest BCUT2D eigenvalue weighted by molar-refractivity contribution is -0.125. The van der Waals surface area contributed by atoms with E-state index in [1.54, 1.807) is 0 Å². The summed E-state index contributed by atoms with van der Waals surface area (Å²) in [4.78, 5) is 21.6. The van der Waals surface area contributed by atoms with Gasteiger partial charge in [0.2, 0.25) is 15.9 Å². The van der Waals surface area contributed by atoms with Gasteiger partial charge in [-0.15, -0.1) is 0 Å². The third-order valence-electron chi connectivity index (χ3n) is 1.85. The molecule has 1 fully saturated rings. The molecule has 0 radical (unpaired) electrons. The molecular formula is C7H11NO4S. The van der Waals surface area contributed by atoms with Crippen molar-refractivity contribution >= 4 is 21.7 Å². The highest BCUT2D eigenvalue weighted by Gasteiger charge is 2.34. The molecule has 0 atom stereocenters. The Morgan fingerprint density at radius 3 is 2.54 bits per heavy atom. The minimum Gasteiger partial charge on any atom is -0.300 e. The lowest BCUT2D eigenvalue weighted by atomic mass is 10.3. The molecule has 13 heavy (non-hydrogen) atoms. The van der Waals surface area contributed by atoms with Crippen LogP contribution in [0.3, 0.4) is 0 Å². The molecule has 6 heteroatoms. The summed E-state index contributed by atoms with van der Waals surface area (Å²) in [6.07, 6.45) is 0.144. The summed E-state index contributed by atoms with van der Waals surface area (Å²) in [7, 11) is -3.40. The third kappa shape index (κ3) is 2.27. The zero-order valence-corrected chi connectivity index (χ0v) is 8.13. The number of Topliss-reactive ketones (excluding diaryl/α,β-unsaturated/α-hetero) is 1. The second-order valence-electron chi connectivity index (χ2n) is 2.98. The zero-order valence-electron chi connectivity index (χ0n) is 7.32. The molecule has 0 aromatic rings. The van der Waals surface area contributed by atoms with E-state index in [0.717, 1.165) is 4.31 Å². The van der Waals surface area contributed by atoms with Crippen LogP contribution in [0, 0.1) is 0 Å². The van der Waals surface area contributed by atoms with Gasteiger partial charge in [-0.05, 0) is 6.92 Å². The molecule has 0 aliphatic carbocycles. The molecule has 1 aliphatic heterocycles. The van der Waals surface area contributed by atoms with Gasteiger partial charge in [-0.2, -0.15) is 0 Å². The van der Waals surface area contributed by atoms with Crippen molar-refractivity contribution in [3.63, 3.8) is 0 Å². The van der Waals surface area contributed by atoms with E-state index >= 15 is 0 Å². The average Bonchev–Trinajstić information content (AvgIpc) is 2.23. The Hall–Kier alpha value is -0.910. The third-order valence-corrected chi connectivity index (χ3v) is 3.63. The number of carbonyl (C=O) groups is 2. The molecular weight excluding hydrogens is 194 g/mol. The lowest BCUT2D eigenvalue weighted by Crippen LogP contribution is -2.31. The highest BCUT2D eigenvalue weighted by molar-refractivity contribution is 7.90. The minimum atomic E-state index is -3.40. The van der Waals surface area contributed by atoms with E-state index in [0.29, 0.717) is 0 Å². The Labute approximate surface area is 76.8 Å². The van der Waals surface area contributed by atoms with Gasteiger partial charge in [-0.3, -0.25) is 9.59 Å². The van der Waals surface area contributed by atoms with Crippen LogP contribution in [0.4, 0.5) is 0 Å². The predicted molar refractivity (Wildman–Crippen MR) is 45.4 cm³/mol. The number of nitrogens with zero attached hydrogens (tertiary/aromatic N) is 1. The quantitative estimate of drug-likeness (QED) is 0.624. The molecule has 0 saturated carbocycles. The normalized spacial score (nSPS) is 20.7. The number of sulfonamides is 1. The molecule has 1 saturated heterocycles. The number of rotatable bonds is 3. The molecule has 1 aliphatic rings. The highest BCUT2D eigenvalue weighted by Crippen LogP contribution is 2.14. The van der Waals surface area contributed by atoms with Gasteiger partial charge >= 0.3 is 0 Å². The predicted octanol–water partition coefficient (Wildman–Crippen LogP) is -0.472. The van der Waals surface area contributed by atoms with Crippen molar-refractivity contribution < 1.29 is 18.0 Å². The maximum atomic E-state index is 11.2. The van der Waals surface area contributed by atoms with Crippen LogP contribution in [0.5, 0.6) is 0 Å². The van der Waals surface area contributed by atoms with Crippen LogP contribution < -0.4 is 0 Å². The van der Waals surface area contributed by atoms with Gasteiger partial charge in [0.1, 0.15) is 5.78 Å². The molecule has 0 spiro atoms. The van der Waals surface area contributed by atoms with Gasteiger partial charge in [0, 0.05) is 19.4 Å². The Kier molecular flexibility index (Phi) is 2.70. The maximum Gasteiger partial charge on any atom is 0.237 e. The summed E-state index contributed by atoms with van der Waals surface area (Å²) in [6, 6.07) is 0. The van der Waals surface area contributed by atoms with Crippen molar-refractivity contribution in [2.24, 2.45) is 0 Å². The fourth-order valence-electron chi connectivity index (χ4n) is 1.13. The molecule has 1 heterocycles. The molecule has 5 nitrogen and oxygen atoms in total. The average molecular weight is 205 g/mol. The molecule has 0 unspecified atom stereocenters. The van der Waals surface area contributed by atoms with Gasteiger partial charge < -0.3 is 0 Å². The van der Waals surface area contributed by atoms with E-state index < -0.39 is 15.9 Å². The number of amides is 1. The van der Waals surface area contributed by atoms with E-state index in [1.807, 2.05) is 0 Å². The standard InChI is InChI=1S/C7H11NO4S/c1-6(9)2-4-8-7(10)3-5-13(8,11)12/h2-5H2,1H3. The molecule has 1 rings (SSSR count). The Bertz CT molecular complexity index is 332. The zero-order chi connectivity index (χ0) is 10.1. The first kappa shape index (κ1) is 10.2. The number of carbonyl (C=O) groups excluding carboxylic acids is 2. The van der Waals surface area contributed by atoms with Crippen molar-refractivity contribution in [1.82, 2.24) is 4.31 Å². The van der Waals surface area contributed by atoms with Crippen LogP contribution in [0.1, 0.15) is 19.8 Å². The summed E-state index contributed by atoms with van der Waals surface area (Å²) in [6.45, 7) is 1.36. The van der Waals surface area contributed by atoms with Gasteiger partial charge in [-0.1, -0.05) is 0 Å². The fraction of sp³-hybridized carbons (Fsp3) is 0.714. The highest BCUT2D eigenvalue weighted by atomic mass is 32.2. The van der Waals surface area contributed by atoms with E-state index in [1.165, 1.54) is 6.92 Å².